The summed E-state index contributed by atoms with van der Waals surface area (Å²) in [6, 6.07) is 40.0. The molecule has 0 aliphatic rings. The zero-order valence-electron chi connectivity index (χ0n) is 16.4. The minimum absolute atomic E-state index is 0.669. The molecule has 5 aromatic rings. The van der Waals surface area contributed by atoms with Gasteiger partial charge in [-0.2, -0.15) is 5.26 Å². The van der Waals surface area contributed by atoms with E-state index in [2.05, 4.69) is 97.1 Å². The van der Waals surface area contributed by atoms with Gasteiger partial charge in [-0.1, -0.05) is 84.9 Å². The van der Waals surface area contributed by atoms with E-state index >= 15 is 0 Å². The van der Waals surface area contributed by atoms with Gasteiger partial charge < -0.3 is 0 Å². The predicted octanol–water partition coefficient (Wildman–Crippen LogP) is 7.45. The molecule has 0 heterocycles. The van der Waals surface area contributed by atoms with E-state index in [-0.39, 0.29) is 0 Å². The number of benzene rings is 5. The Bertz CT molecular complexity index is 1430. The number of fused-ring (bicyclic) bond motifs is 2. The summed E-state index contributed by atoms with van der Waals surface area (Å²) < 4.78 is 0. The first-order valence-corrected chi connectivity index (χ1v) is 10.0. The van der Waals surface area contributed by atoms with Crippen molar-refractivity contribution >= 4 is 33.2 Å². The van der Waals surface area contributed by atoms with Crippen molar-refractivity contribution in [2.75, 3.05) is 0 Å². The van der Waals surface area contributed by atoms with E-state index in [4.69, 9.17) is 0 Å². The molecule has 0 aliphatic carbocycles. The predicted molar refractivity (Wildman–Crippen MR) is 126 cm³/mol. The molecule has 0 unspecified atom stereocenters. The molecule has 0 amide bonds. The largest absolute Gasteiger partial charge is 0.192 e. The van der Waals surface area contributed by atoms with Gasteiger partial charge in [-0.05, 0) is 74.1 Å². The zero-order valence-corrected chi connectivity index (χ0v) is 16.4. The van der Waals surface area contributed by atoms with Crippen molar-refractivity contribution in [2.45, 2.75) is 0 Å². The van der Waals surface area contributed by atoms with Crippen LogP contribution in [0.4, 0.5) is 0 Å². The molecule has 0 atom stereocenters. The summed E-state index contributed by atoms with van der Waals surface area (Å²) >= 11 is 0. The fourth-order valence-corrected chi connectivity index (χ4v) is 3.88. The van der Waals surface area contributed by atoms with Crippen LogP contribution in [0.2, 0.25) is 0 Å². The second-order valence-electron chi connectivity index (χ2n) is 7.42. The standard InChI is InChI=1S/C29H19N/c30-20-21-9-13-25(14-10-21)29(28-16-15-24-6-2-4-8-27(24)19-28)18-22-11-12-23-5-1-3-7-26(23)17-22/h1-19H/b29-18-. The molecule has 0 saturated heterocycles. The lowest BCUT2D eigenvalue weighted by molar-refractivity contribution is 1.47. The van der Waals surface area contributed by atoms with Crippen LogP contribution < -0.4 is 0 Å². The number of nitrogens with zero attached hydrogens (tertiary/aromatic N) is 1. The van der Waals surface area contributed by atoms with Gasteiger partial charge in [-0.25, -0.2) is 0 Å². The molecule has 1 heteroatoms. The minimum Gasteiger partial charge on any atom is -0.192 e. The van der Waals surface area contributed by atoms with Crippen molar-refractivity contribution in [3.63, 3.8) is 0 Å². The highest BCUT2D eigenvalue weighted by molar-refractivity contribution is 5.96. The van der Waals surface area contributed by atoms with Gasteiger partial charge in [0.2, 0.25) is 0 Å². The van der Waals surface area contributed by atoms with Gasteiger partial charge in [0.25, 0.3) is 0 Å². The van der Waals surface area contributed by atoms with Crippen LogP contribution in [0.5, 0.6) is 0 Å². The van der Waals surface area contributed by atoms with Gasteiger partial charge >= 0.3 is 0 Å². The molecule has 30 heavy (non-hydrogen) atoms. The molecule has 140 valence electrons. The van der Waals surface area contributed by atoms with Crippen LogP contribution in [-0.2, 0) is 0 Å². The summed E-state index contributed by atoms with van der Waals surface area (Å²) in [6.07, 6.45) is 2.23. The van der Waals surface area contributed by atoms with Crippen LogP contribution in [0.15, 0.2) is 109 Å². The van der Waals surface area contributed by atoms with Crippen LogP contribution in [-0.4, -0.2) is 0 Å². The molecule has 0 N–H and O–H groups in total. The van der Waals surface area contributed by atoms with Gasteiger partial charge in [0.1, 0.15) is 0 Å². The van der Waals surface area contributed by atoms with Gasteiger partial charge in [-0.3, -0.25) is 0 Å². The minimum atomic E-state index is 0.669. The quantitative estimate of drug-likeness (QED) is 0.298. The van der Waals surface area contributed by atoms with Crippen molar-refractivity contribution in [1.29, 1.82) is 5.26 Å². The Balaban J connectivity index is 1.69. The number of nitriles is 1. The Morgan fingerprint density at radius 2 is 1.13 bits per heavy atom. The summed E-state index contributed by atoms with van der Waals surface area (Å²) in [5.74, 6) is 0. The lowest BCUT2D eigenvalue weighted by atomic mass is 9.93. The van der Waals surface area contributed by atoms with Gasteiger partial charge in [0, 0.05) is 0 Å². The normalized spacial score (nSPS) is 11.5. The number of hydrogen-bond acceptors (Lipinski definition) is 1. The van der Waals surface area contributed by atoms with E-state index < -0.39 is 0 Å². The maximum atomic E-state index is 9.17. The summed E-state index contributed by atoms with van der Waals surface area (Å²) in [7, 11) is 0. The van der Waals surface area contributed by atoms with Gasteiger partial charge in [0.05, 0.1) is 11.6 Å². The Kier molecular flexibility index (Phi) is 4.60. The highest BCUT2D eigenvalue weighted by Gasteiger charge is 2.08. The number of hydrogen-bond donors (Lipinski definition) is 0. The second-order valence-corrected chi connectivity index (χ2v) is 7.42. The molecule has 0 bridgehead atoms. The van der Waals surface area contributed by atoms with Crippen LogP contribution in [0.25, 0.3) is 33.2 Å². The van der Waals surface area contributed by atoms with Gasteiger partial charge in [-0.15, -0.1) is 0 Å². The molecule has 0 fully saturated rings. The SMILES string of the molecule is N#Cc1ccc(/C(=C/c2ccc3ccccc3c2)c2ccc3ccccc3c2)cc1. The fraction of sp³-hybridized carbons (Fsp3) is 0. The van der Waals surface area contributed by atoms with Crippen molar-refractivity contribution in [3.05, 3.63) is 131 Å². The van der Waals surface area contributed by atoms with E-state index in [9.17, 15) is 5.26 Å². The zero-order chi connectivity index (χ0) is 20.3. The molecule has 1 nitrogen and oxygen atoms in total. The Morgan fingerprint density at radius 3 is 1.80 bits per heavy atom. The van der Waals surface area contributed by atoms with Crippen LogP contribution in [0.1, 0.15) is 22.3 Å². The van der Waals surface area contributed by atoms with E-state index in [0.717, 1.165) is 22.3 Å². The molecule has 0 radical (unpaired) electrons. The van der Waals surface area contributed by atoms with Crippen molar-refractivity contribution in [3.8, 4) is 6.07 Å². The number of rotatable bonds is 3. The molecule has 0 aliphatic heterocycles. The van der Waals surface area contributed by atoms with Crippen LogP contribution >= 0.6 is 0 Å². The monoisotopic (exact) mass is 381 g/mol. The van der Waals surface area contributed by atoms with Gasteiger partial charge in [0.15, 0.2) is 0 Å². The van der Waals surface area contributed by atoms with Crippen LogP contribution in [0, 0.1) is 11.3 Å². The summed E-state index contributed by atoms with van der Waals surface area (Å²) in [5, 5.41) is 14.1. The second kappa shape index (κ2) is 7.70. The third kappa shape index (κ3) is 3.48. The fourth-order valence-electron chi connectivity index (χ4n) is 3.88. The average molecular weight is 381 g/mol. The van der Waals surface area contributed by atoms with Crippen molar-refractivity contribution in [2.24, 2.45) is 0 Å². The maximum Gasteiger partial charge on any atom is 0.0991 e. The summed E-state index contributed by atoms with van der Waals surface area (Å²) in [6.45, 7) is 0. The smallest absolute Gasteiger partial charge is 0.0991 e. The Hall–Kier alpha value is -4.15. The third-order valence-electron chi connectivity index (χ3n) is 5.47. The first-order valence-electron chi connectivity index (χ1n) is 10.0. The molecule has 0 saturated carbocycles. The van der Waals surface area contributed by atoms with Crippen LogP contribution in [0.3, 0.4) is 0 Å². The molecule has 5 rings (SSSR count). The molecular formula is C29H19N. The van der Waals surface area contributed by atoms with E-state index in [1.807, 2.05) is 24.3 Å². The first kappa shape index (κ1) is 17.9. The summed E-state index contributed by atoms with van der Waals surface area (Å²) in [5.41, 5.74) is 5.22. The lowest BCUT2D eigenvalue weighted by Crippen LogP contribution is -1.90. The summed E-state index contributed by atoms with van der Waals surface area (Å²) in [4.78, 5) is 0. The topological polar surface area (TPSA) is 23.8 Å². The van der Waals surface area contributed by atoms with E-state index in [0.29, 0.717) is 5.56 Å². The molecule has 5 aromatic carbocycles. The highest BCUT2D eigenvalue weighted by Crippen LogP contribution is 2.30. The Labute approximate surface area is 176 Å². The first-order chi connectivity index (χ1) is 14.8. The highest BCUT2D eigenvalue weighted by atomic mass is 14.2. The molecule has 0 aromatic heterocycles. The Morgan fingerprint density at radius 1 is 0.567 bits per heavy atom. The average Bonchev–Trinajstić information content (AvgIpc) is 2.82. The third-order valence-corrected chi connectivity index (χ3v) is 5.47. The molecule has 0 spiro atoms. The van der Waals surface area contributed by atoms with Crippen molar-refractivity contribution < 1.29 is 0 Å². The maximum absolute atomic E-state index is 9.17. The van der Waals surface area contributed by atoms with Crippen molar-refractivity contribution in [1.82, 2.24) is 0 Å². The van der Waals surface area contributed by atoms with E-state index in [1.54, 1.807) is 0 Å². The lowest BCUT2D eigenvalue weighted by Gasteiger charge is -2.11. The molecular weight excluding hydrogens is 362 g/mol. The van der Waals surface area contributed by atoms with E-state index in [1.165, 1.54) is 21.5 Å².